The number of carbonyl (C=O) groups is 1. The third-order valence-electron chi connectivity index (χ3n) is 9.02. The summed E-state index contributed by atoms with van der Waals surface area (Å²) in [7, 11) is 0.526. The summed E-state index contributed by atoms with van der Waals surface area (Å²) < 4.78 is 57.3. The fourth-order valence-corrected chi connectivity index (χ4v) is 7.69. The summed E-state index contributed by atoms with van der Waals surface area (Å²) >= 11 is 12.7. The number of nitrogens with zero attached hydrogens (tertiary/aromatic N) is 3. The summed E-state index contributed by atoms with van der Waals surface area (Å²) in [6.07, 6.45) is -0.458. The number of carbonyl (C=O) groups excluding carboxylic acids is 1. The molecule has 0 aliphatic carbocycles. The quantitative estimate of drug-likeness (QED) is 0.154. The molecule has 6 nitrogen and oxygen atoms in total. The summed E-state index contributed by atoms with van der Waals surface area (Å²) in [5.74, 6) is -0.838. The van der Waals surface area contributed by atoms with Crippen LogP contribution in [0.5, 0.6) is 5.75 Å². The molecule has 0 radical (unpaired) electrons. The van der Waals surface area contributed by atoms with E-state index in [1.165, 1.54) is 11.0 Å². The van der Waals surface area contributed by atoms with Crippen molar-refractivity contribution in [3.05, 3.63) is 105 Å². The molecule has 0 bridgehead atoms. The second-order valence-corrected chi connectivity index (χ2v) is 14.5. The number of benzene rings is 4. The van der Waals surface area contributed by atoms with E-state index in [0.29, 0.717) is 33.2 Å². The number of hydrogen-bond acceptors (Lipinski definition) is 5. The number of likely N-dealkylation sites (N-methyl/N-ethyl adjacent to an activating group) is 1. The van der Waals surface area contributed by atoms with Gasteiger partial charge in [-0.2, -0.15) is 18.4 Å². The predicted molar refractivity (Wildman–Crippen MR) is 188 cm³/mol. The van der Waals surface area contributed by atoms with Crippen LogP contribution in [-0.4, -0.2) is 72.2 Å². The van der Waals surface area contributed by atoms with Crippen LogP contribution in [0.1, 0.15) is 58.1 Å². The Morgan fingerprint density at radius 1 is 1.06 bits per heavy atom. The van der Waals surface area contributed by atoms with Gasteiger partial charge >= 0.3 is 6.18 Å². The Hall–Kier alpha value is -3.62. The van der Waals surface area contributed by atoms with E-state index in [9.17, 15) is 27.4 Å². The Bertz CT molecular complexity index is 1890. The smallest absolute Gasteiger partial charge is 0.422 e. The molecule has 1 unspecified atom stereocenters. The van der Waals surface area contributed by atoms with Gasteiger partial charge in [-0.3, -0.25) is 9.00 Å². The molecule has 4 aromatic carbocycles. The lowest BCUT2D eigenvalue weighted by Crippen LogP contribution is -2.36. The van der Waals surface area contributed by atoms with Gasteiger partial charge in [0.1, 0.15) is 6.07 Å². The summed E-state index contributed by atoms with van der Waals surface area (Å²) in [4.78, 5) is 18.9. The van der Waals surface area contributed by atoms with Gasteiger partial charge in [-0.15, -0.1) is 0 Å². The van der Waals surface area contributed by atoms with E-state index in [2.05, 4.69) is 11.0 Å². The molecule has 1 saturated heterocycles. The van der Waals surface area contributed by atoms with Crippen LogP contribution in [-0.2, 0) is 10.8 Å². The third-order valence-corrected chi connectivity index (χ3v) is 10.8. The molecule has 12 heteroatoms. The van der Waals surface area contributed by atoms with Crippen molar-refractivity contribution in [3.8, 4) is 11.8 Å². The van der Waals surface area contributed by atoms with Gasteiger partial charge in [-0.25, -0.2) is 0 Å². The highest BCUT2D eigenvalue weighted by Gasteiger charge is 2.32. The molecule has 1 amide bonds. The molecule has 5 rings (SSSR count). The lowest BCUT2D eigenvalue weighted by Gasteiger charge is -2.34. The molecule has 1 aliphatic heterocycles. The Labute approximate surface area is 296 Å². The number of amides is 1. The molecule has 1 aliphatic rings. The second kappa shape index (κ2) is 15.9. The van der Waals surface area contributed by atoms with Gasteiger partial charge in [-0.05, 0) is 91.0 Å². The average Bonchev–Trinajstić information content (AvgIpc) is 3.09. The SMILES string of the molecule is CN(C[C@@H](CCN1CCC(c2ccccc2S(C)=O)CC1)c1ccc(Cl)c(Cl)c1)C(=O)c1c(OCC(F)(F)F)c(C#N)cc2ccccc12. The highest BCUT2D eigenvalue weighted by Crippen LogP contribution is 2.36. The number of likely N-dealkylation sites (tertiary alicyclic amines) is 1. The van der Waals surface area contributed by atoms with E-state index in [4.69, 9.17) is 27.9 Å². The van der Waals surface area contributed by atoms with Crippen LogP contribution in [0, 0.1) is 11.3 Å². The first-order chi connectivity index (χ1) is 23.4. The maximum atomic E-state index is 14.2. The Morgan fingerprint density at radius 2 is 1.76 bits per heavy atom. The zero-order valence-corrected chi connectivity index (χ0v) is 29.4. The van der Waals surface area contributed by atoms with Crippen molar-refractivity contribution in [2.75, 3.05) is 46.1 Å². The minimum atomic E-state index is -4.67. The summed E-state index contributed by atoms with van der Waals surface area (Å²) in [6.45, 7) is 1.01. The van der Waals surface area contributed by atoms with Crippen molar-refractivity contribution in [3.63, 3.8) is 0 Å². The van der Waals surface area contributed by atoms with Gasteiger partial charge in [0.25, 0.3) is 5.91 Å². The van der Waals surface area contributed by atoms with Crippen molar-refractivity contribution in [2.45, 2.75) is 42.2 Å². The molecule has 4 aromatic rings. The number of halogens is 5. The zero-order valence-electron chi connectivity index (χ0n) is 27.1. The average molecular weight is 731 g/mol. The Balaban J connectivity index is 1.38. The number of ether oxygens (including phenoxy) is 1. The fraction of sp³-hybridized carbons (Fsp3) is 0.351. The maximum Gasteiger partial charge on any atom is 0.422 e. The molecule has 1 heterocycles. The largest absolute Gasteiger partial charge is 0.482 e. The van der Waals surface area contributed by atoms with E-state index in [1.54, 1.807) is 49.7 Å². The summed E-state index contributed by atoms with van der Waals surface area (Å²) in [5, 5.41) is 11.5. The third kappa shape index (κ3) is 8.95. The summed E-state index contributed by atoms with van der Waals surface area (Å²) in [6, 6.07) is 23.3. The van der Waals surface area contributed by atoms with Crippen LogP contribution in [0.2, 0.25) is 10.0 Å². The van der Waals surface area contributed by atoms with Crippen LogP contribution >= 0.6 is 23.2 Å². The number of nitriles is 1. The number of fused-ring (bicyclic) bond motifs is 1. The monoisotopic (exact) mass is 729 g/mol. The first-order valence-electron chi connectivity index (χ1n) is 15.9. The van der Waals surface area contributed by atoms with Crippen molar-refractivity contribution < 1.29 is 26.9 Å². The van der Waals surface area contributed by atoms with Crippen LogP contribution in [0.3, 0.4) is 0 Å². The van der Waals surface area contributed by atoms with Crippen molar-refractivity contribution in [2.24, 2.45) is 0 Å². The van der Waals surface area contributed by atoms with Crippen molar-refractivity contribution >= 4 is 50.7 Å². The molecule has 258 valence electrons. The number of rotatable bonds is 11. The van der Waals surface area contributed by atoms with Gasteiger partial charge in [0.05, 0.1) is 32.0 Å². The lowest BCUT2D eigenvalue weighted by molar-refractivity contribution is -0.153. The molecule has 0 N–H and O–H groups in total. The molecule has 0 spiro atoms. The standard InChI is InChI=1S/C37H36Cl2F3N3O3S/c1-44(36(46)34-30-9-4-3-7-26(30)19-28(21-43)35(34)48-23-37(40,41)42)22-27(25-11-12-31(38)32(39)20-25)15-18-45-16-13-24(14-17-45)29-8-5-6-10-33(29)49(2)47/h3-12,19-20,24,27H,13-18,22-23H2,1-2H3/t27-,49?/m1/s1. The van der Waals surface area contributed by atoms with E-state index in [0.717, 1.165) is 48.5 Å². The van der Waals surface area contributed by atoms with Gasteiger partial charge in [0, 0.05) is 30.7 Å². The molecule has 49 heavy (non-hydrogen) atoms. The minimum absolute atomic E-state index is 0.0929. The minimum Gasteiger partial charge on any atom is -0.482 e. The van der Waals surface area contributed by atoms with Crippen LogP contribution in [0.4, 0.5) is 13.2 Å². The highest BCUT2D eigenvalue weighted by molar-refractivity contribution is 7.84. The van der Waals surface area contributed by atoms with Crippen LogP contribution in [0.25, 0.3) is 10.8 Å². The van der Waals surface area contributed by atoms with Gasteiger partial charge in [0.15, 0.2) is 12.4 Å². The van der Waals surface area contributed by atoms with Gasteiger partial charge in [-0.1, -0.05) is 71.7 Å². The van der Waals surface area contributed by atoms with Crippen molar-refractivity contribution in [1.82, 2.24) is 9.80 Å². The number of hydrogen-bond donors (Lipinski definition) is 0. The normalized spacial score (nSPS) is 15.5. The molecule has 1 fully saturated rings. The predicted octanol–water partition coefficient (Wildman–Crippen LogP) is 8.82. The first kappa shape index (κ1) is 36.7. The van der Waals surface area contributed by atoms with Crippen LogP contribution < -0.4 is 4.74 Å². The number of piperidine rings is 1. The molecule has 0 aromatic heterocycles. The fourth-order valence-electron chi connectivity index (χ4n) is 6.55. The van der Waals surface area contributed by atoms with Gasteiger partial charge in [0.2, 0.25) is 0 Å². The van der Waals surface area contributed by atoms with E-state index in [-0.39, 0.29) is 23.6 Å². The Morgan fingerprint density at radius 3 is 2.43 bits per heavy atom. The Kier molecular flexibility index (Phi) is 11.9. The molecule has 0 saturated carbocycles. The topological polar surface area (TPSA) is 73.6 Å². The maximum absolute atomic E-state index is 14.2. The van der Waals surface area contributed by atoms with E-state index < -0.39 is 35.2 Å². The first-order valence-corrected chi connectivity index (χ1v) is 18.2. The summed E-state index contributed by atoms with van der Waals surface area (Å²) in [5.41, 5.74) is 1.76. The molecular weight excluding hydrogens is 694 g/mol. The molecule has 2 atom stereocenters. The lowest BCUT2D eigenvalue weighted by atomic mass is 9.88. The van der Waals surface area contributed by atoms with E-state index >= 15 is 0 Å². The van der Waals surface area contributed by atoms with Crippen molar-refractivity contribution in [1.29, 1.82) is 5.26 Å². The van der Waals surface area contributed by atoms with Crippen LogP contribution in [0.15, 0.2) is 77.7 Å². The molecular formula is C37H36Cl2F3N3O3S. The second-order valence-electron chi connectivity index (χ2n) is 12.3. The zero-order chi connectivity index (χ0) is 35.3. The number of alkyl halides is 3. The van der Waals surface area contributed by atoms with Gasteiger partial charge < -0.3 is 14.5 Å². The van der Waals surface area contributed by atoms with E-state index in [1.807, 2.05) is 30.3 Å². The highest BCUT2D eigenvalue weighted by atomic mass is 35.5.